The van der Waals surface area contributed by atoms with Gasteiger partial charge < -0.3 is 4.52 Å². The highest BCUT2D eigenvalue weighted by Gasteiger charge is 2.37. The maximum Gasteiger partial charge on any atom is 0.299 e. The van der Waals surface area contributed by atoms with E-state index < -0.39 is 11.7 Å². The van der Waals surface area contributed by atoms with E-state index in [1.807, 2.05) is 0 Å². The van der Waals surface area contributed by atoms with Crippen molar-refractivity contribution in [2.75, 3.05) is 4.90 Å². The number of anilines is 1. The number of halogens is 1. The van der Waals surface area contributed by atoms with Gasteiger partial charge in [-0.2, -0.15) is 4.98 Å². The Morgan fingerprint density at radius 2 is 2.14 bits per heavy atom. The number of ketones is 1. The average molecular weight is 304 g/mol. The van der Waals surface area contributed by atoms with Crippen LogP contribution < -0.4 is 4.90 Å². The topological polar surface area (TPSA) is 76.3 Å². The molecule has 1 fully saturated rings. The van der Waals surface area contributed by atoms with Crippen molar-refractivity contribution in [2.24, 2.45) is 0 Å². The Kier molecular flexibility index (Phi) is 2.62. The van der Waals surface area contributed by atoms with E-state index in [9.17, 15) is 9.59 Å². The number of nitrogens with zero attached hydrogens (tertiary/aromatic N) is 3. The summed E-state index contributed by atoms with van der Waals surface area (Å²) in [7, 11) is 0. The SMILES string of the molecule is O=C1C(=O)N(Cc2noc(C3CC3)n2)c2cc(Cl)ccc21. The molecule has 1 aliphatic carbocycles. The van der Waals surface area contributed by atoms with Crippen LogP contribution in [0.5, 0.6) is 0 Å². The molecule has 2 aliphatic rings. The van der Waals surface area contributed by atoms with Crippen LogP contribution in [0.2, 0.25) is 5.02 Å². The first-order chi connectivity index (χ1) is 10.1. The van der Waals surface area contributed by atoms with Crippen molar-refractivity contribution in [1.82, 2.24) is 10.1 Å². The smallest absolute Gasteiger partial charge is 0.299 e. The normalized spacial score (nSPS) is 17.5. The lowest BCUT2D eigenvalue weighted by Crippen LogP contribution is -2.29. The fourth-order valence-corrected chi connectivity index (χ4v) is 2.56. The van der Waals surface area contributed by atoms with Crippen LogP contribution in [0.3, 0.4) is 0 Å². The van der Waals surface area contributed by atoms with Gasteiger partial charge in [0.2, 0.25) is 5.89 Å². The molecule has 0 N–H and O–H groups in total. The van der Waals surface area contributed by atoms with Crippen molar-refractivity contribution in [3.63, 3.8) is 0 Å². The molecule has 6 nitrogen and oxygen atoms in total. The molecule has 1 amide bonds. The zero-order valence-corrected chi connectivity index (χ0v) is 11.6. The van der Waals surface area contributed by atoms with Gasteiger partial charge in [0.05, 0.1) is 17.8 Å². The highest BCUT2D eigenvalue weighted by molar-refractivity contribution is 6.52. The van der Waals surface area contributed by atoms with Crippen molar-refractivity contribution < 1.29 is 14.1 Å². The lowest BCUT2D eigenvalue weighted by atomic mass is 10.1. The molecule has 1 saturated carbocycles. The second-order valence-electron chi connectivity index (χ2n) is 5.21. The minimum absolute atomic E-state index is 0.105. The maximum atomic E-state index is 12.1. The lowest BCUT2D eigenvalue weighted by molar-refractivity contribution is -0.114. The third kappa shape index (κ3) is 2.03. The standard InChI is InChI=1S/C14H10ClN3O3/c15-8-3-4-9-10(5-8)18(14(20)12(9)19)6-11-16-13(21-17-11)7-1-2-7/h3-5,7H,1-2,6H2. The average Bonchev–Trinajstić information content (AvgIpc) is 3.18. The van der Waals surface area contributed by atoms with Crippen LogP contribution in [0.25, 0.3) is 0 Å². The van der Waals surface area contributed by atoms with Gasteiger partial charge >= 0.3 is 0 Å². The monoisotopic (exact) mass is 303 g/mol. The second kappa shape index (κ2) is 4.39. The highest BCUT2D eigenvalue weighted by atomic mass is 35.5. The summed E-state index contributed by atoms with van der Waals surface area (Å²) in [5.74, 6) is 0.224. The first-order valence-corrected chi connectivity index (χ1v) is 6.99. The molecule has 0 unspecified atom stereocenters. The van der Waals surface area contributed by atoms with Crippen LogP contribution in [0.1, 0.15) is 40.8 Å². The molecule has 0 atom stereocenters. The number of rotatable bonds is 3. The largest absolute Gasteiger partial charge is 0.339 e. The van der Waals surface area contributed by atoms with Gasteiger partial charge in [0.15, 0.2) is 5.82 Å². The fourth-order valence-electron chi connectivity index (χ4n) is 2.39. The van der Waals surface area contributed by atoms with Crippen LogP contribution in [0.15, 0.2) is 22.7 Å². The number of aromatic nitrogens is 2. The Labute approximate surface area is 124 Å². The van der Waals surface area contributed by atoms with Crippen LogP contribution in [0, 0.1) is 0 Å². The molecule has 1 aromatic carbocycles. The van der Waals surface area contributed by atoms with E-state index in [1.54, 1.807) is 18.2 Å². The molecule has 7 heteroatoms. The Morgan fingerprint density at radius 3 is 2.90 bits per heavy atom. The lowest BCUT2D eigenvalue weighted by Gasteiger charge is -2.13. The maximum absolute atomic E-state index is 12.1. The first kappa shape index (κ1) is 12.5. The van der Waals surface area contributed by atoms with Gasteiger partial charge in [-0.05, 0) is 31.0 Å². The van der Waals surface area contributed by atoms with Crippen molar-refractivity contribution in [3.8, 4) is 0 Å². The van der Waals surface area contributed by atoms with E-state index in [0.717, 1.165) is 12.8 Å². The Bertz CT molecular complexity index is 767. The number of fused-ring (bicyclic) bond motifs is 1. The fraction of sp³-hybridized carbons (Fsp3) is 0.286. The molecule has 2 aromatic rings. The van der Waals surface area contributed by atoms with E-state index >= 15 is 0 Å². The summed E-state index contributed by atoms with van der Waals surface area (Å²) < 4.78 is 5.16. The Morgan fingerprint density at radius 1 is 1.33 bits per heavy atom. The third-order valence-corrected chi connectivity index (χ3v) is 3.88. The molecule has 1 aliphatic heterocycles. The van der Waals surface area contributed by atoms with Gasteiger partial charge in [0, 0.05) is 10.9 Å². The number of hydrogen-bond donors (Lipinski definition) is 0. The predicted octanol–water partition coefficient (Wildman–Crippen LogP) is 2.33. The van der Waals surface area contributed by atoms with Gasteiger partial charge in [-0.1, -0.05) is 16.8 Å². The number of carbonyl (C=O) groups is 2. The summed E-state index contributed by atoms with van der Waals surface area (Å²) in [5.41, 5.74) is 0.852. The molecule has 1 aromatic heterocycles. The molecular weight excluding hydrogens is 294 g/mol. The summed E-state index contributed by atoms with van der Waals surface area (Å²) in [5, 5.41) is 4.34. The van der Waals surface area contributed by atoms with Gasteiger partial charge in [-0.3, -0.25) is 14.5 Å². The Balaban J connectivity index is 1.66. The molecule has 0 bridgehead atoms. The summed E-state index contributed by atoms with van der Waals surface area (Å²) in [6.45, 7) is 0.105. The van der Waals surface area contributed by atoms with Crippen molar-refractivity contribution in [2.45, 2.75) is 25.3 Å². The van der Waals surface area contributed by atoms with E-state index in [0.29, 0.717) is 33.9 Å². The minimum Gasteiger partial charge on any atom is -0.339 e. The number of benzene rings is 1. The molecule has 0 saturated heterocycles. The first-order valence-electron chi connectivity index (χ1n) is 6.61. The molecule has 2 heterocycles. The van der Waals surface area contributed by atoms with E-state index in [2.05, 4.69) is 10.1 Å². The van der Waals surface area contributed by atoms with Crippen molar-refractivity contribution in [3.05, 3.63) is 40.5 Å². The van der Waals surface area contributed by atoms with Crippen molar-refractivity contribution >= 4 is 29.0 Å². The molecule has 0 radical (unpaired) electrons. The quantitative estimate of drug-likeness (QED) is 0.813. The summed E-state index contributed by atoms with van der Waals surface area (Å²) >= 11 is 5.94. The molecule has 0 spiro atoms. The number of carbonyl (C=O) groups excluding carboxylic acids is 2. The van der Waals surface area contributed by atoms with Crippen LogP contribution in [-0.4, -0.2) is 21.8 Å². The zero-order chi connectivity index (χ0) is 14.6. The van der Waals surface area contributed by atoms with E-state index in [1.165, 1.54) is 4.90 Å². The van der Waals surface area contributed by atoms with Gasteiger partial charge in [0.25, 0.3) is 11.7 Å². The predicted molar refractivity (Wildman–Crippen MR) is 73.2 cm³/mol. The van der Waals surface area contributed by atoms with E-state index in [-0.39, 0.29) is 6.54 Å². The molecular formula is C14H10ClN3O3. The van der Waals surface area contributed by atoms with Crippen molar-refractivity contribution in [1.29, 1.82) is 0 Å². The summed E-state index contributed by atoms with van der Waals surface area (Å²) in [6.07, 6.45) is 2.11. The zero-order valence-electron chi connectivity index (χ0n) is 10.9. The summed E-state index contributed by atoms with van der Waals surface area (Å²) in [6, 6.07) is 4.75. The Hall–Kier alpha value is -2.21. The molecule has 21 heavy (non-hydrogen) atoms. The van der Waals surface area contributed by atoms with Gasteiger partial charge in [-0.25, -0.2) is 0 Å². The van der Waals surface area contributed by atoms with Gasteiger partial charge in [0.1, 0.15) is 0 Å². The van der Waals surface area contributed by atoms with Crippen LogP contribution in [-0.2, 0) is 11.3 Å². The summed E-state index contributed by atoms with van der Waals surface area (Å²) in [4.78, 5) is 29.6. The second-order valence-corrected chi connectivity index (χ2v) is 5.64. The van der Waals surface area contributed by atoms with Crippen LogP contribution >= 0.6 is 11.6 Å². The van der Waals surface area contributed by atoms with Crippen LogP contribution in [0.4, 0.5) is 5.69 Å². The highest BCUT2D eigenvalue weighted by Crippen LogP contribution is 2.39. The minimum atomic E-state index is -0.593. The number of amides is 1. The molecule has 106 valence electrons. The van der Waals surface area contributed by atoms with Gasteiger partial charge in [-0.15, -0.1) is 0 Å². The number of Topliss-reactive ketones (excluding diaryl/α,β-unsaturated/α-hetero) is 1. The molecule has 4 rings (SSSR count). The van der Waals surface area contributed by atoms with E-state index in [4.69, 9.17) is 16.1 Å². The third-order valence-electron chi connectivity index (χ3n) is 3.64. The number of hydrogen-bond acceptors (Lipinski definition) is 5.